The van der Waals surface area contributed by atoms with E-state index in [2.05, 4.69) is 74.5 Å². The van der Waals surface area contributed by atoms with Crippen molar-refractivity contribution in [1.29, 1.82) is 0 Å². The minimum absolute atomic E-state index is 1.02. The molecule has 2 aromatic rings. The minimum Gasteiger partial charge on any atom is -0.0801 e. The summed E-state index contributed by atoms with van der Waals surface area (Å²) in [6, 6.07) is 13.1. The first-order chi connectivity index (χ1) is 10.3. The van der Waals surface area contributed by atoms with Crippen molar-refractivity contribution in [2.24, 2.45) is 0 Å². The number of rotatable bonds is 1. The molecular weight excluding hydrogens is 252 g/mol. The smallest absolute Gasteiger partial charge is 0.000731 e. The van der Waals surface area contributed by atoms with Crippen LogP contribution in [0.15, 0.2) is 54.6 Å². The number of hydrogen-bond acceptors (Lipinski definition) is 0. The van der Waals surface area contributed by atoms with E-state index in [4.69, 9.17) is 0 Å². The van der Waals surface area contributed by atoms with Gasteiger partial charge in [-0.3, -0.25) is 0 Å². The molecule has 101 valence electrons. The number of hydrogen-bond donors (Lipinski definition) is 0. The van der Waals surface area contributed by atoms with E-state index in [-0.39, 0.29) is 0 Å². The van der Waals surface area contributed by atoms with Gasteiger partial charge in [0.15, 0.2) is 0 Å². The zero-order valence-corrected chi connectivity index (χ0v) is 12.4. The second-order valence-electron chi connectivity index (χ2n) is 5.91. The van der Waals surface area contributed by atoms with Crippen LogP contribution in [0.5, 0.6) is 0 Å². The Kier molecular flexibility index (Phi) is 2.71. The van der Waals surface area contributed by atoms with Crippen molar-refractivity contribution in [3.05, 3.63) is 86.6 Å². The van der Waals surface area contributed by atoms with Gasteiger partial charge < -0.3 is 0 Å². The summed E-state index contributed by atoms with van der Waals surface area (Å²) >= 11 is 0. The van der Waals surface area contributed by atoms with E-state index >= 15 is 0 Å². The van der Waals surface area contributed by atoms with Crippen LogP contribution in [0.4, 0.5) is 0 Å². The van der Waals surface area contributed by atoms with Crippen molar-refractivity contribution < 1.29 is 0 Å². The Hall–Kier alpha value is -2.34. The molecule has 0 spiro atoms. The molecule has 0 N–H and O–H groups in total. The van der Waals surface area contributed by atoms with Crippen LogP contribution in [0, 0.1) is 10.4 Å². The highest BCUT2D eigenvalue weighted by molar-refractivity contribution is 5.80. The topological polar surface area (TPSA) is 0 Å². The van der Waals surface area contributed by atoms with Crippen LogP contribution in [0.2, 0.25) is 0 Å². The van der Waals surface area contributed by atoms with Crippen LogP contribution in [0.25, 0.3) is 17.2 Å². The molecule has 0 fully saturated rings. The summed E-state index contributed by atoms with van der Waals surface area (Å²) in [5.74, 6) is 0. The summed E-state index contributed by atoms with van der Waals surface area (Å²) < 4.78 is 0. The molecule has 2 aliphatic rings. The first-order valence-electron chi connectivity index (χ1n) is 7.46. The fraction of sp³-hybridized carbons (Fsp3) is 0.143. The lowest BCUT2D eigenvalue weighted by molar-refractivity contribution is 1.35. The second kappa shape index (κ2) is 4.60. The lowest BCUT2D eigenvalue weighted by Gasteiger charge is -2.10. The fourth-order valence-corrected chi connectivity index (χ4v) is 3.30. The highest BCUT2D eigenvalue weighted by atomic mass is 14.2. The molecule has 0 saturated heterocycles. The fourth-order valence-electron chi connectivity index (χ4n) is 3.30. The largest absolute Gasteiger partial charge is 0.0801 e. The molecule has 0 unspecified atom stereocenters. The van der Waals surface area contributed by atoms with E-state index in [0.29, 0.717) is 0 Å². The van der Waals surface area contributed by atoms with Gasteiger partial charge in [0.2, 0.25) is 0 Å². The van der Waals surface area contributed by atoms with Crippen molar-refractivity contribution in [3.63, 3.8) is 0 Å². The molecular formula is C21H17. The summed E-state index contributed by atoms with van der Waals surface area (Å²) in [6.45, 7) is 4.38. The van der Waals surface area contributed by atoms with Gasteiger partial charge in [0, 0.05) is 0 Å². The van der Waals surface area contributed by atoms with Crippen molar-refractivity contribution in [3.8, 4) is 0 Å². The summed E-state index contributed by atoms with van der Waals surface area (Å²) in [5.41, 5.74) is 5.40. The number of fused-ring (bicyclic) bond motifs is 2. The predicted molar refractivity (Wildman–Crippen MR) is 88.8 cm³/mol. The van der Waals surface area contributed by atoms with Gasteiger partial charge in [0.1, 0.15) is 0 Å². The molecule has 2 aromatic carbocycles. The van der Waals surface area contributed by atoms with Gasteiger partial charge in [-0.2, -0.15) is 0 Å². The summed E-state index contributed by atoms with van der Waals surface area (Å²) in [5, 5.41) is 5.19. The highest BCUT2D eigenvalue weighted by Gasteiger charge is 2.14. The van der Waals surface area contributed by atoms with Gasteiger partial charge in [0.05, 0.1) is 0 Å². The summed E-state index contributed by atoms with van der Waals surface area (Å²) in [6.07, 6.45) is 11.3. The Labute approximate surface area is 124 Å². The molecule has 0 atom stereocenters. The van der Waals surface area contributed by atoms with Crippen molar-refractivity contribution >= 4 is 17.2 Å². The monoisotopic (exact) mass is 269 g/mol. The van der Waals surface area contributed by atoms with Crippen molar-refractivity contribution in [1.82, 2.24) is 0 Å². The average molecular weight is 269 g/mol. The van der Waals surface area contributed by atoms with Crippen LogP contribution >= 0.6 is 0 Å². The Morgan fingerprint density at radius 3 is 2.62 bits per heavy atom. The van der Waals surface area contributed by atoms with E-state index < -0.39 is 0 Å². The molecule has 0 aromatic heterocycles. The minimum atomic E-state index is 1.02. The third-order valence-corrected chi connectivity index (χ3v) is 4.31. The van der Waals surface area contributed by atoms with E-state index in [9.17, 15) is 0 Å². The molecule has 1 radical (unpaired) electrons. The van der Waals surface area contributed by atoms with Crippen molar-refractivity contribution in [2.45, 2.75) is 20.3 Å². The highest BCUT2D eigenvalue weighted by Crippen LogP contribution is 2.26. The first-order valence-corrected chi connectivity index (χ1v) is 7.46. The van der Waals surface area contributed by atoms with Crippen LogP contribution in [0.3, 0.4) is 0 Å². The van der Waals surface area contributed by atoms with Gasteiger partial charge in [-0.25, -0.2) is 0 Å². The Morgan fingerprint density at radius 2 is 1.86 bits per heavy atom. The Balaban J connectivity index is 2.20. The molecule has 4 rings (SSSR count). The molecule has 0 nitrogen and oxygen atoms in total. The molecule has 21 heavy (non-hydrogen) atoms. The van der Waals surface area contributed by atoms with E-state index in [1.54, 1.807) is 0 Å². The molecule has 0 amide bonds. The molecule has 0 aliphatic heterocycles. The summed E-state index contributed by atoms with van der Waals surface area (Å²) in [7, 11) is 0. The van der Waals surface area contributed by atoms with Crippen LogP contribution in [-0.2, 0) is 0 Å². The number of allylic oxidation sites excluding steroid dienone is 4. The van der Waals surface area contributed by atoms with E-state index in [1.165, 1.54) is 43.1 Å². The maximum atomic E-state index is 3.64. The maximum Gasteiger partial charge on any atom is -0.000731 e. The van der Waals surface area contributed by atoms with E-state index in [1.807, 2.05) is 0 Å². The SMILES string of the molecule is CC(C)=c1ccc2c(c1C1=CC=CC1)[C]=c1ccccc1=2. The Morgan fingerprint density at radius 1 is 1.00 bits per heavy atom. The second-order valence-corrected chi connectivity index (χ2v) is 5.91. The zero-order valence-electron chi connectivity index (χ0n) is 12.4. The van der Waals surface area contributed by atoms with E-state index in [0.717, 1.165) is 6.42 Å². The third kappa shape index (κ3) is 1.83. The quantitative estimate of drug-likeness (QED) is 0.634. The third-order valence-electron chi connectivity index (χ3n) is 4.31. The first kappa shape index (κ1) is 12.4. The van der Waals surface area contributed by atoms with Crippen LogP contribution in [-0.4, -0.2) is 0 Å². The molecule has 0 heteroatoms. The maximum absolute atomic E-state index is 3.64. The van der Waals surface area contributed by atoms with Crippen LogP contribution < -0.4 is 10.4 Å². The average Bonchev–Trinajstić information content (AvgIpc) is 3.13. The molecule has 0 bridgehead atoms. The lowest BCUT2D eigenvalue weighted by atomic mass is 9.94. The molecule has 2 aliphatic carbocycles. The summed E-state index contributed by atoms with van der Waals surface area (Å²) in [4.78, 5) is 0. The number of benzene rings is 2. The lowest BCUT2D eigenvalue weighted by Crippen LogP contribution is -2.12. The van der Waals surface area contributed by atoms with Gasteiger partial charge in [-0.1, -0.05) is 60.2 Å². The van der Waals surface area contributed by atoms with Gasteiger partial charge in [-0.05, 0) is 63.9 Å². The molecule has 0 heterocycles. The molecule has 0 saturated carbocycles. The van der Waals surface area contributed by atoms with Gasteiger partial charge in [0.25, 0.3) is 0 Å². The Bertz CT molecular complexity index is 1010. The van der Waals surface area contributed by atoms with Gasteiger partial charge >= 0.3 is 0 Å². The zero-order chi connectivity index (χ0) is 14.4. The van der Waals surface area contributed by atoms with Crippen molar-refractivity contribution in [2.75, 3.05) is 0 Å². The normalized spacial score (nSPS) is 14.5. The predicted octanol–water partition coefficient (Wildman–Crippen LogP) is 3.53. The standard InChI is InChI=1S/C21H17/c1-14(2)17-11-12-19-18-10-6-5-9-16(18)13-20(19)21(17)15-7-3-4-8-15/h3-7,9-12H,8H2,1-2H3. The van der Waals surface area contributed by atoms with Crippen LogP contribution in [0.1, 0.15) is 31.4 Å². The van der Waals surface area contributed by atoms with Gasteiger partial charge in [-0.15, -0.1) is 0 Å².